The first-order valence-electron chi connectivity index (χ1n) is 7.66. The number of rotatable bonds is 4. The molecular formula is C19H15N3OS. The normalized spacial score (nSPS) is 11.0. The molecule has 0 unspecified atom stereocenters. The summed E-state index contributed by atoms with van der Waals surface area (Å²) in [5.41, 5.74) is 4.28. The largest absolute Gasteiger partial charge is 0.411 e. The third kappa shape index (κ3) is 2.90. The fourth-order valence-corrected chi connectivity index (χ4v) is 3.36. The number of fused-ring (bicyclic) bond motifs is 1. The quantitative estimate of drug-likeness (QED) is 0.498. The Balaban J connectivity index is 1.56. The molecule has 0 radical (unpaired) electrons. The number of thioether (sulfide) groups is 1. The molecule has 0 saturated heterocycles. The van der Waals surface area contributed by atoms with Crippen LogP contribution in [0.4, 0.5) is 0 Å². The lowest BCUT2D eigenvalue weighted by molar-refractivity contribution is 0.465. The van der Waals surface area contributed by atoms with Gasteiger partial charge in [0, 0.05) is 22.9 Å². The van der Waals surface area contributed by atoms with Crippen LogP contribution in [0.3, 0.4) is 0 Å². The fourth-order valence-electron chi connectivity index (χ4n) is 2.61. The van der Waals surface area contributed by atoms with Crippen molar-refractivity contribution in [1.29, 1.82) is 0 Å². The van der Waals surface area contributed by atoms with Gasteiger partial charge < -0.3 is 4.42 Å². The van der Waals surface area contributed by atoms with Gasteiger partial charge in [-0.3, -0.25) is 4.98 Å². The van der Waals surface area contributed by atoms with Crippen molar-refractivity contribution in [2.75, 3.05) is 0 Å². The standard InChI is InChI=1S/C19H15N3OS/c1-13-6-2-3-10-16(13)18-21-22-19(23-18)24-12-15-8-4-7-14-9-5-11-20-17(14)15/h2-11H,12H2,1H3. The van der Waals surface area contributed by atoms with Crippen LogP contribution in [-0.2, 0) is 5.75 Å². The molecule has 118 valence electrons. The van der Waals surface area contributed by atoms with E-state index in [4.69, 9.17) is 4.42 Å². The molecule has 0 aliphatic rings. The lowest BCUT2D eigenvalue weighted by Gasteiger charge is -2.03. The van der Waals surface area contributed by atoms with Crippen molar-refractivity contribution >= 4 is 22.7 Å². The second-order valence-electron chi connectivity index (χ2n) is 5.47. The summed E-state index contributed by atoms with van der Waals surface area (Å²) >= 11 is 1.53. The Kier molecular flexibility index (Phi) is 4.01. The van der Waals surface area contributed by atoms with Gasteiger partial charge in [-0.1, -0.05) is 54.2 Å². The Hall–Kier alpha value is -2.66. The van der Waals surface area contributed by atoms with Crippen molar-refractivity contribution < 1.29 is 4.42 Å². The van der Waals surface area contributed by atoms with Gasteiger partial charge >= 0.3 is 0 Å². The monoisotopic (exact) mass is 333 g/mol. The van der Waals surface area contributed by atoms with Crippen LogP contribution in [0.5, 0.6) is 0 Å². The number of benzene rings is 2. The minimum atomic E-state index is 0.562. The SMILES string of the molecule is Cc1ccccc1-c1nnc(SCc2cccc3cccnc23)o1. The van der Waals surface area contributed by atoms with Gasteiger partial charge in [0.2, 0.25) is 5.89 Å². The van der Waals surface area contributed by atoms with Gasteiger partial charge in [0.15, 0.2) is 0 Å². The van der Waals surface area contributed by atoms with E-state index >= 15 is 0 Å². The molecule has 0 atom stereocenters. The Labute approximate surface area is 144 Å². The third-order valence-electron chi connectivity index (χ3n) is 3.85. The summed E-state index contributed by atoms with van der Waals surface area (Å²) < 4.78 is 5.80. The predicted octanol–water partition coefficient (Wildman–Crippen LogP) is 4.89. The average Bonchev–Trinajstić information content (AvgIpc) is 3.09. The predicted molar refractivity (Wildman–Crippen MR) is 95.8 cm³/mol. The molecule has 4 rings (SSSR count). The van der Waals surface area contributed by atoms with E-state index in [2.05, 4.69) is 33.4 Å². The van der Waals surface area contributed by atoms with Gasteiger partial charge in [-0.25, -0.2) is 0 Å². The van der Waals surface area contributed by atoms with Crippen LogP contribution in [0, 0.1) is 6.92 Å². The van der Waals surface area contributed by atoms with Crippen LogP contribution >= 0.6 is 11.8 Å². The smallest absolute Gasteiger partial charge is 0.277 e. The van der Waals surface area contributed by atoms with Crippen molar-refractivity contribution in [2.24, 2.45) is 0 Å². The molecular weight excluding hydrogens is 318 g/mol. The van der Waals surface area contributed by atoms with Gasteiger partial charge in [0.25, 0.3) is 5.22 Å². The minimum Gasteiger partial charge on any atom is -0.411 e. The number of hydrogen-bond donors (Lipinski definition) is 0. The molecule has 0 amide bonds. The Morgan fingerprint density at radius 3 is 2.75 bits per heavy atom. The first kappa shape index (κ1) is 14.9. The molecule has 2 heterocycles. The molecule has 0 spiro atoms. The number of hydrogen-bond acceptors (Lipinski definition) is 5. The van der Waals surface area contributed by atoms with Crippen LogP contribution in [-0.4, -0.2) is 15.2 Å². The highest BCUT2D eigenvalue weighted by Gasteiger charge is 2.11. The van der Waals surface area contributed by atoms with E-state index in [0.717, 1.165) is 33.3 Å². The van der Waals surface area contributed by atoms with Gasteiger partial charge in [-0.05, 0) is 30.2 Å². The zero-order valence-corrected chi connectivity index (χ0v) is 14.0. The maximum atomic E-state index is 5.80. The van der Waals surface area contributed by atoms with E-state index in [0.29, 0.717) is 11.1 Å². The Morgan fingerprint density at radius 2 is 1.83 bits per heavy atom. The maximum absolute atomic E-state index is 5.80. The van der Waals surface area contributed by atoms with Gasteiger partial charge in [-0.15, -0.1) is 10.2 Å². The number of para-hydroxylation sites is 1. The number of aromatic nitrogens is 3. The highest BCUT2D eigenvalue weighted by molar-refractivity contribution is 7.98. The molecule has 0 aliphatic heterocycles. The van der Waals surface area contributed by atoms with Crippen molar-refractivity contribution in [2.45, 2.75) is 17.9 Å². The van der Waals surface area contributed by atoms with Gasteiger partial charge in [0.1, 0.15) is 0 Å². The highest BCUT2D eigenvalue weighted by atomic mass is 32.2. The summed E-state index contributed by atoms with van der Waals surface area (Å²) in [7, 11) is 0. The molecule has 2 aromatic heterocycles. The summed E-state index contributed by atoms with van der Waals surface area (Å²) in [4.78, 5) is 4.48. The lowest BCUT2D eigenvalue weighted by Crippen LogP contribution is -1.86. The maximum Gasteiger partial charge on any atom is 0.277 e. The zero-order valence-electron chi connectivity index (χ0n) is 13.1. The van der Waals surface area contributed by atoms with E-state index in [1.807, 2.05) is 49.5 Å². The van der Waals surface area contributed by atoms with E-state index in [1.54, 1.807) is 0 Å². The Bertz CT molecular complexity index is 991. The highest BCUT2D eigenvalue weighted by Crippen LogP contribution is 2.28. The second kappa shape index (κ2) is 6.45. The topological polar surface area (TPSA) is 51.8 Å². The van der Waals surface area contributed by atoms with Crippen molar-refractivity contribution in [3.05, 3.63) is 71.9 Å². The third-order valence-corrected chi connectivity index (χ3v) is 4.72. The summed E-state index contributed by atoms with van der Waals surface area (Å²) in [5, 5.41) is 10.0. The van der Waals surface area contributed by atoms with Crippen molar-refractivity contribution in [3.63, 3.8) is 0 Å². The van der Waals surface area contributed by atoms with Crippen LogP contribution in [0.15, 0.2) is 70.4 Å². The van der Waals surface area contributed by atoms with Crippen molar-refractivity contribution in [3.8, 4) is 11.5 Å². The molecule has 4 nitrogen and oxygen atoms in total. The Morgan fingerprint density at radius 1 is 0.958 bits per heavy atom. The summed E-state index contributed by atoms with van der Waals surface area (Å²) in [5.74, 6) is 1.30. The fraction of sp³-hybridized carbons (Fsp3) is 0.105. The van der Waals surface area contributed by atoms with E-state index in [-0.39, 0.29) is 0 Å². The average molecular weight is 333 g/mol. The molecule has 0 N–H and O–H groups in total. The molecule has 2 aromatic carbocycles. The van der Waals surface area contributed by atoms with Gasteiger partial charge in [-0.2, -0.15) is 0 Å². The van der Waals surface area contributed by atoms with E-state index in [9.17, 15) is 0 Å². The second-order valence-corrected chi connectivity index (χ2v) is 6.40. The molecule has 5 heteroatoms. The molecule has 0 saturated carbocycles. The van der Waals surface area contributed by atoms with Crippen LogP contribution in [0.1, 0.15) is 11.1 Å². The summed E-state index contributed by atoms with van der Waals surface area (Å²) in [6.45, 7) is 2.04. The number of aryl methyl sites for hydroxylation is 1. The van der Waals surface area contributed by atoms with Crippen LogP contribution < -0.4 is 0 Å². The van der Waals surface area contributed by atoms with E-state index < -0.39 is 0 Å². The van der Waals surface area contributed by atoms with E-state index in [1.165, 1.54) is 11.8 Å². The molecule has 24 heavy (non-hydrogen) atoms. The summed E-state index contributed by atoms with van der Waals surface area (Å²) in [6, 6.07) is 18.2. The van der Waals surface area contributed by atoms with Crippen molar-refractivity contribution in [1.82, 2.24) is 15.2 Å². The minimum absolute atomic E-state index is 0.562. The molecule has 0 bridgehead atoms. The van der Waals surface area contributed by atoms with Crippen LogP contribution in [0.2, 0.25) is 0 Å². The number of nitrogens with zero attached hydrogens (tertiary/aromatic N) is 3. The summed E-state index contributed by atoms with van der Waals surface area (Å²) in [6.07, 6.45) is 1.82. The molecule has 0 fully saturated rings. The number of pyridine rings is 1. The molecule has 0 aliphatic carbocycles. The first-order valence-corrected chi connectivity index (χ1v) is 8.65. The first-order chi connectivity index (χ1) is 11.8. The molecule has 4 aromatic rings. The van der Waals surface area contributed by atoms with Gasteiger partial charge in [0.05, 0.1) is 5.52 Å². The zero-order chi connectivity index (χ0) is 16.4. The lowest BCUT2D eigenvalue weighted by atomic mass is 10.1. The van der Waals surface area contributed by atoms with Crippen LogP contribution in [0.25, 0.3) is 22.4 Å².